The van der Waals surface area contributed by atoms with E-state index in [2.05, 4.69) is 35.0 Å². The van der Waals surface area contributed by atoms with E-state index in [1.165, 1.54) is 19.3 Å². The first-order valence-corrected chi connectivity index (χ1v) is 8.51. The van der Waals surface area contributed by atoms with Crippen LogP contribution in [0.1, 0.15) is 24.8 Å². The number of fused-ring (bicyclic) bond motifs is 2. The van der Waals surface area contributed by atoms with Crippen molar-refractivity contribution in [3.05, 3.63) is 23.8 Å². The van der Waals surface area contributed by atoms with Crippen molar-refractivity contribution in [3.63, 3.8) is 0 Å². The second-order valence-corrected chi connectivity index (χ2v) is 6.60. The lowest BCUT2D eigenvalue weighted by Gasteiger charge is -2.28. The molecule has 0 radical (unpaired) electrons. The van der Waals surface area contributed by atoms with E-state index in [-0.39, 0.29) is 0 Å². The molecular formula is C16H21N3S. The maximum absolute atomic E-state index is 9.51. The van der Waals surface area contributed by atoms with E-state index >= 15 is 0 Å². The molecule has 1 aromatic rings. The van der Waals surface area contributed by atoms with Crippen LogP contribution in [0.2, 0.25) is 0 Å². The molecule has 3 nitrogen and oxygen atoms in total. The summed E-state index contributed by atoms with van der Waals surface area (Å²) in [5.74, 6) is 0. The van der Waals surface area contributed by atoms with Crippen LogP contribution >= 0.6 is 11.8 Å². The lowest BCUT2D eigenvalue weighted by Crippen LogP contribution is -2.36. The van der Waals surface area contributed by atoms with Gasteiger partial charge in [0.1, 0.15) is 6.07 Å². The molecule has 2 bridgehead atoms. The van der Waals surface area contributed by atoms with Crippen molar-refractivity contribution in [2.24, 2.45) is 0 Å². The third-order valence-electron chi connectivity index (χ3n) is 4.83. The Balaban J connectivity index is 1.92. The van der Waals surface area contributed by atoms with Gasteiger partial charge in [0.15, 0.2) is 0 Å². The summed E-state index contributed by atoms with van der Waals surface area (Å²) in [5, 5.41) is 9.51. The smallest absolute Gasteiger partial charge is 0.103 e. The number of nitrogens with zero attached hydrogens (tertiary/aromatic N) is 3. The molecule has 2 unspecified atom stereocenters. The van der Waals surface area contributed by atoms with Gasteiger partial charge in [0.25, 0.3) is 0 Å². The van der Waals surface area contributed by atoms with Crippen molar-refractivity contribution < 1.29 is 0 Å². The van der Waals surface area contributed by atoms with Gasteiger partial charge in [0.2, 0.25) is 0 Å². The van der Waals surface area contributed by atoms with Crippen molar-refractivity contribution in [2.75, 3.05) is 31.3 Å². The number of likely N-dealkylation sites (N-methyl/N-ethyl adjacent to an activating group) is 1. The minimum atomic E-state index is 0.645. The van der Waals surface area contributed by atoms with Crippen LogP contribution in [-0.2, 0) is 0 Å². The summed E-state index contributed by atoms with van der Waals surface area (Å²) in [7, 11) is 2.26. The van der Waals surface area contributed by atoms with Crippen LogP contribution in [0, 0.1) is 11.3 Å². The van der Waals surface area contributed by atoms with E-state index in [4.69, 9.17) is 0 Å². The summed E-state index contributed by atoms with van der Waals surface area (Å²) in [6.45, 7) is 2.12. The number of thioether (sulfide) groups is 1. The van der Waals surface area contributed by atoms with Crippen molar-refractivity contribution in [1.29, 1.82) is 5.26 Å². The van der Waals surface area contributed by atoms with Crippen LogP contribution in [0.4, 0.5) is 5.69 Å². The van der Waals surface area contributed by atoms with Gasteiger partial charge in [0, 0.05) is 30.1 Å². The molecule has 2 fully saturated rings. The van der Waals surface area contributed by atoms with Crippen LogP contribution in [0.5, 0.6) is 0 Å². The highest BCUT2D eigenvalue weighted by molar-refractivity contribution is 7.98. The van der Waals surface area contributed by atoms with Gasteiger partial charge in [-0.3, -0.25) is 4.90 Å². The predicted molar refractivity (Wildman–Crippen MR) is 84.3 cm³/mol. The normalized spacial score (nSPS) is 26.4. The fraction of sp³-hybridized carbons (Fsp3) is 0.562. The number of hydrogen-bond acceptors (Lipinski definition) is 4. The Morgan fingerprint density at radius 2 is 2.05 bits per heavy atom. The quantitative estimate of drug-likeness (QED) is 0.782. The summed E-state index contributed by atoms with van der Waals surface area (Å²) in [6.07, 6.45) is 5.88. The Bertz CT molecular complexity index is 537. The summed E-state index contributed by atoms with van der Waals surface area (Å²) >= 11 is 1.66. The molecule has 4 heteroatoms. The van der Waals surface area contributed by atoms with Crippen LogP contribution in [0.25, 0.3) is 0 Å². The zero-order valence-corrected chi connectivity index (χ0v) is 13.0. The second-order valence-electron chi connectivity index (χ2n) is 5.75. The molecular weight excluding hydrogens is 266 g/mol. The van der Waals surface area contributed by atoms with E-state index in [0.29, 0.717) is 6.04 Å². The number of benzene rings is 1. The third kappa shape index (κ3) is 2.30. The number of nitriles is 1. The Kier molecular flexibility index (Phi) is 3.91. The van der Waals surface area contributed by atoms with Crippen LogP contribution < -0.4 is 4.90 Å². The van der Waals surface area contributed by atoms with Crippen LogP contribution in [0.3, 0.4) is 0 Å². The molecule has 20 heavy (non-hydrogen) atoms. The van der Waals surface area contributed by atoms with E-state index < -0.39 is 0 Å². The molecule has 2 aliphatic heterocycles. The Morgan fingerprint density at radius 1 is 1.25 bits per heavy atom. The largest absolute Gasteiger partial charge is 0.369 e. The van der Waals surface area contributed by atoms with Gasteiger partial charge < -0.3 is 4.90 Å². The number of anilines is 1. The lowest BCUT2D eigenvalue weighted by atomic mass is 10.1. The number of rotatable bonds is 2. The van der Waals surface area contributed by atoms with Gasteiger partial charge in [-0.25, -0.2) is 0 Å². The highest BCUT2D eigenvalue weighted by Gasteiger charge is 2.35. The van der Waals surface area contributed by atoms with Gasteiger partial charge in [-0.05, 0) is 44.7 Å². The first kappa shape index (κ1) is 13.8. The summed E-state index contributed by atoms with van der Waals surface area (Å²) < 4.78 is 0. The highest BCUT2D eigenvalue weighted by atomic mass is 32.2. The first-order chi connectivity index (χ1) is 9.74. The Morgan fingerprint density at radius 3 is 2.80 bits per heavy atom. The molecule has 1 aromatic carbocycles. The third-order valence-corrected chi connectivity index (χ3v) is 5.61. The van der Waals surface area contributed by atoms with Gasteiger partial charge in [0.05, 0.1) is 11.3 Å². The molecule has 0 aromatic heterocycles. The van der Waals surface area contributed by atoms with Crippen molar-refractivity contribution >= 4 is 17.4 Å². The fourth-order valence-corrected chi connectivity index (χ4v) is 4.16. The summed E-state index contributed by atoms with van der Waals surface area (Å²) in [5.41, 5.74) is 1.97. The molecule has 0 N–H and O–H groups in total. The van der Waals surface area contributed by atoms with E-state index in [1.54, 1.807) is 11.8 Å². The highest BCUT2D eigenvalue weighted by Crippen LogP contribution is 2.34. The average Bonchev–Trinajstić information content (AvgIpc) is 2.71. The molecule has 0 amide bonds. The lowest BCUT2D eigenvalue weighted by molar-refractivity contribution is 0.254. The molecule has 0 aliphatic carbocycles. The molecule has 0 saturated carbocycles. The average molecular weight is 287 g/mol. The minimum absolute atomic E-state index is 0.645. The molecule has 2 saturated heterocycles. The Hall–Kier alpha value is -1.18. The molecule has 3 rings (SSSR count). The summed E-state index contributed by atoms with van der Waals surface area (Å²) in [6, 6.07) is 10.0. The van der Waals surface area contributed by atoms with Crippen molar-refractivity contribution in [3.8, 4) is 6.07 Å². The van der Waals surface area contributed by atoms with Gasteiger partial charge in [-0.1, -0.05) is 6.07 Å². The molecule has 2 heterocycles. The van der Waals surface area contributed by atoms with E-state index in [1.807, 2.05) is 12.3 Å². The fourth-order valence-electron chi connectivity index (χ4n) is 3.59. The SMILES string of the molecule is CSc1cccc(N2CCC3CCC(C2)N3C)c1C#N. The number of hydrogen-bond donors (Lipinski definition) is 0. The standard InChI is InChI=1S/C16H21N3S/c1-18-12-6-7-13(18)11-19(9-8-12)15-4-3-5-16(20-2)14(15)10-17/h3-5,12-13H,6-9,11H2,1-2H3. The van der Waals surface area contributed by atoms with Gasteiger partial charge >= 0.3 is 0 Å². The predicted octanol–water partition coefficient (Wildman–Crippen LogP) is 2.95. The molecule has 0 spiro atoms. The van der Waals surface area contributed by atoms with Gasteiger partial charge in [-0.15, -0.1) is 11.8 Å². The van der Waals surface area contributed by atoms with Crippen LogP contribution in [0.15, 0.2) is 23.1 Å². The van der Waals surface area contributed by atoms with Crippen LogP contribution in [-0.4, -0.2) is 43.4 Å². The summed E-state index contributed by atoms with van der Waals surface area (Å²) in [4.78, 5) is 6.07. The van der Waals surface area contributed by atoms with E-state index in [9.17, 15) is 5.26 Å². The molecule has 106 valence electrons. The maximum atomic E-state index is 9.51. The van der Waals surface area contributed by atoms with E-state index in [0.717, 1.165) is 35.3 Å². The zero-order valence-electron chi connectivity index (χ0n) is 12.2. The monoisotopic (exact) mass is 287 g/mol. The topological polar surface area (TPSA) is 30.3 Å². The van der Waals surface area contributed by atoms with Crippen molar-refractivity contribution in [2.45, 2.75) is 36.2 Å². The Labute approximate surface area is 125 Å². The van der Waals surface area contributed by atoms with Gasteiger partial charge in [-0.2, -0.15) is 5.26 Å². The second kappa shape index (κ2) is 5.67. The molecule has 2 aliphatic rings. The molecule has 2 atom stereocenters. The zero-order chi connectivity index (χ0) is 14.1. The van der Waals surface area contributed by atoms with Crippen molar-refractivity contribution in [1.82, 2.24) is 4.90 Å². The maximum Gasteiger partial charge on any atom is 0.103 e. The minimum Gasteiger partial charge on any atom is -0.369 e. The first-order valence-electron chi connectivity index (χ1n) is 7.28.